The molecule has 0 saturated heterocycles. The first-order chi connectivity index (χ1) is 9.67. The topological polar surface area (TPSA) is 38.4 Å². The van der Waals surface area contributed by atoms with Crippen LogP contribution in [0.2, 0.25) is 0 Å². The molecule has 2 rings (SSSR count). The predicted molar refractivity (Wildman–Crippen MR) is 72.2 cm³/mol. The van der Waals surface area contributed by atoms with E-state index in [1.807, 2.05) is 0 Å². The Bertz CT molecular complexity index is 570. The maximum absolute atomic E-state index is 13.8. The number of benzene rings is 1. The molecule has 2 unspecified atom stereocenters. The molecule has 0 heterocycles. The van der Waals surface area contributed by atoms with Crippen molar-refractivity contribution in [2.24, 2.45) is 16.6 Å². The van der Waals surface area contributed by atoms with Crippen LogP contribution in [0.4, 0.5) is 27.6 Å². The molecular formula is C13H13F5N2S. The molecule has 116 valence electrons. The molecule has 0 aliphatic heterocycles. The van der Waals surface area contributed by atoms with Gasteiger partial charge in [-0.1, -0.05) is 0 Å². The van der Waals surface area contributed by atoms with Gasteiger partial charge in [0.25, 0.3) is 0 Å². The van der Waals surface area contributed by atoms with E-state index in [4.69, 9.17) is 5.73 Å². The number of nitrogens with zero attached hydrogens (tertiary/aromatic N) is 1. The molecule has 0 spiro atoms. The Balaban J connectivity index is 2.22. The van der Waals surface area contributed by atoms with Crippen molar-refractivity contribution < 1.29 is 22.0 Å². The van der Waals surface area contributed by atoms with Crippen molar-refractivity contribution in [3.63, 3.8) is 0 Å². The highest BCUT2D eigenvalue weighted by Crippen LogP contribution is 2.36. The second-order valence-corrected chi connectivity index (χ2v) is 5.89. The fourth-order valence-electron chi connectivity index (χ4n) is 1.73. The molecule has 2 N–H and O–H groups in total. The zero-order chi connectivity index (χ0) is 15.8. The first kappa shape index (κ1) is 16.1. The second kappa shape index (κ2) is 5.82. The van der Waals surface area contributed by atoms with Crippen LogP contribution in [0.25, 0.3) is 0 Å². The number of thioether (sulfide) groups is 1. The molecule has 1 aliphatic carbocycles. The summed E-state index contributed by atoms with van der Waals surface area (Å²) in [6, 6.07) is 2.31. The SMILES string of the molecule is Cc1cc(F)c(N=C(N)C2CC2F)cc1SCC(F)(F)F. The number of aliphatic imine (C=N–C) groups is 1. The first-order valence-corrected chi connectivity index (χ1v) is 7.14. The van der Waals surface area contributed by atoms with Crippen LogP contribution in [0.1, 0.15) is 12.0 Å². The van der Waals surface area contributed by atoms with Crippen molar-refractivity contribution in [2.45, 2.75) is 30.6 Å². The van der Waals surface area contributed by atoms with Gasteiger partial charge in [0.15, 0.2) is 0 Å². The fourth-order valence-corrected chi connectivity index (χ4v) is 2.54. The van der Waals surface area contributed by atoms with E-state index in [-0.39, 0.29) is 22.8 Å². The third-order valence-corrected chi connectivity index (χ3v) is 4.20. The fraction of sp³-hybridized carbons (Fsp3) is 0.462. The van der Waals surface area contributed by atoms with E-state index in [9.17, 15) is 22.0 Å². The van der Waals surface area contributed by atoms with Gasteiger partial charge in [-0.3, -0.25) is 0 Å². The van der Waals surface area contributed by atoms with Crippen LogP contribution in [0.15, 0.2) is 22.0 Å². The zero-order valence-corrected chi connectivity index (χ0v) is 11.9. The van der Waals surface area contributed by atoms with E-state index < -0.39 is 29.8 Å². The normalized spacial score (nSPS) is 22.5. The van der Waals surface area contributed by atoms with Crippen LogP contribution in [0.3, 0.4) is 0 Å². The number of hydrogen-bond donors (Lipinski definition) is 1. The number of rotatable bonds is 4. The van der Waals surface area contributed by atoms with Crippen LogP contribution in [0.5, 0.6) is 0 Å². The number of amidine groups is 1. The first-order valence-electron chi connectivity index (χ1n) is 6.15. The van der Waals surface area contributed by atoms with Crippen molar-refractivity contribution >= 4 is 23.3 Å². The van der Waals surface area contributed by atoms with Crippen molar-refractivity contribution in [1.82, 2.24) is 0 Å². The van der Waals surface area contributed by atoms with Crippen LogP contribution in [-0.4, -0.2) is 23.9 Å². The highest BCUT2D eigenvalue weighted by atomic mass is 32.2. The van der Waals surface area contributed by atoms with Gasteiger partial charge in [-0.15, -0.1) is 11.8 Å². The Morgan fingerprint density at radius 2 is 2.05 bits per heavy atom. The molecule has 0 aromatic heterocycles. The van der Waals surface area contributed by atoms with Gasteiger partial charge >= 0.3 is 6.18 Å². The lowest BCUT2D eigenvalue weighted by molar-refractivity contribution is -0.105. The lowest BCUT2D eigenvalue weighted by Crippen LogP contribution is -2.15. The number of alkyl halides is 4. The van der Waals surface area contributed by atoms with E-state index in [0.717, 1.165) is 6.07 Å². The average Bonchev–Trinajstić information content (AvgIpc) is 3.07. The zero-order valence-electron chi connectivity index (χ0n) is 11.0. The summed E-state index contributed by atoms with van der Waals surface area (Å²) in [4.78, 5) is 4.07. The van der Waals surface area contributed by atoms with Gasteiger partial charge in [0, 0.05) is 4.90 Å². The quantitative estimate of drug-likeness (QED) is 0.391. The third-order valence-electron chi connectivity index (χ3n) is 2.98. The van der Waals surface area contributed by atoms with E-state index in [0.29, 0.717) is 17.3 Å². The smallest absolute Gasteiger partial charge is 0.387 e. The summed E-state index contributed by atoms with van der Waals surface area (Å²) in [5.41, 5.74) is 5.78. The van der Waals surface area contributed by atoms with E-state index >= 15 is 0 Å². The van der Waals surface area contributed by atoms with Gasteiger partial charge in [0.2, 0.25) is 0 Å². The maximum atomic E-state index is 13.8. The third kappa shape index (κ3) is 4.33. The maximum Gasteiger partial charge on any atom is 0.398 e. The van der Waals surface area contributed by atoms with Gasteiger partial charge in [-0.25, -0.2) is 13.8 Å². The largest absolute Gasteiger partial charge is 0.398 e. The second-order valence-electron chi connectivity index (χ2n) is 4.87. The van der Waals surface area contributed by atoms with Gasteiger partial charge < -0.3 is 5.73 Å². The Labute approximate surface area is 122 Å². The summed E-state index contributed by atoms with van der Waals surface area (Å²) in [6.07, 6.45) is -5.14. The van der Waals surface area contributed by atoms with Crippen molar-refractivity contribution in [1.29, 1.82) is 0 Å². The number of halogens is 5. The van der Waals surface area contributed by atoms with E-state index in [1.54, 1.807) is 0 Å². The van der Waals surface area contributed by atoms with Crippen LogP contribution in [-0.2, 0) is 0 Å². The average molecular weight is 324 g/mol. The summed E-state index contributed by atoms with van der Waals surface area (Å²) in [7, 11) is 0. The Morgan fingerprint density at radius 1 is 1.43 bits per heavy atom. The molecule has 0 radical (unpaired) electrons. The summed E-state index contributed by atoms with van der Waals surface area (Å²) in [6.45, 7) is 1.51. The molecule has 2 atom stereocenters. The molecule has 0 bridgehead atoms. The summed E-state index contributed by atoms with van der Waals surface area (Å²) in [5.74, 6) is -2.32. The van der Waals surface area contributed by atoms with Crippen molar-refractivity contribution in [3.05, 3.63) is 23.5 Å². The molecule has 21 heavy (non-hydrogen) atoms. The van der Waals surface area contributed by atoms with Crippen LogP contribution in [0, 0.1) is 18.7 Å². The van der Waals surface area contributed by atoms with Gasteiger partial charge in [0.05, 0.1) is 11.7 Å². The molecule has 8 heteroatoms. The predicted octanol–water partition coefficient (Wildman–Crippen LogP) is 4.14. The minimum absolute atomic E-state index is 0.0305. The molecule has 1 aromatic rings. The molecule has 1 aliphatic rings. The van der Waals surface area contributed by atoms with Crippen LogP contribution < -0.4 is 5.73 Å². The highest BCUT2D eigenvalue weighted by Gasteiger charge is 2.40. The Hall–Kier alpha value is -1.31. The highest BCUT2D eigenvalue weighted by molar-refractivity contribution is 7.99. The molecular weight excluding hydrogens is 311 g/mol. The molecule has 0 amide bonds. The molecule has 1 aromatic carbocycles. The number of hydrogen-bond acceptors (Lipinski definition) is 2. The van der Waals surface area contributed by atoms with Gasteiger partial charge in [-0.2, -0.15) is 13.2 Å². The number of nitrogens with two attached hydrogens (primary N) is 1. The molecule has 1 saturated carbocycles. The number of aryl methyl sites for hydroxylation is 1. The van der Waals surface area contributed by atoms with Crippen molar-refractivity contribution in [2.75, 3.05) is 5.75 Å². The molecule has 1 fully saturated rings. The Morgan fingerprint density at radius 3 is 2.57 bits per heavy atom. The van der Waals surface area contributed by atoms with E-state index in [2.05, 4.69) is 4.99 Å². The van der Waals surface area contributed by atoms with Crippen molar-refractivity contribution in [3.8, 4) is 0 Å². The van der Waals surface area contributed by atoms with Gasteiger partial charge in [-0.05, 0) is 31.0 Å². The van der Waals surface area contributed by atoms with Gasteiger partial charge in [0.1, 0.15) is 23.5 Å². The lowest BCUT2D eigenvalue weighted by atomic mass is 10.2. The monoisotopic (exact) mass is 324 g/mol. The van der Waals surface area contributed by atoms with Crippen LogP contribution >= 0.6 is 11.8 Å². The Kier molecular flexibility index (Phi) is 4.46. The summed E-state index contributed by atoms with van der Waals surface area (Å²) < 4.78 is 63.3. The standard InChI is InChI=1S/C13H13F5N2S/c1-6-2-9(15)10(20-12(19)7-3-8(7)14)4-11(6)21-5-13(16,17)18/h2,4,7-8H,3,5H2,1H3,(H2,19,20). The summed E-state index contributed by atoms with van der Waals surface area (Å²) in [5, 5.41) is 0. The molecule has 2 nitrogen and oxygen atoms in total. The minimum atomic E-state index is -4.32. The van der Waals surface area contributed by atoms with E-state index in [1.165, 1.54) is 13.0 Å². The lowest BCUT2D eigenvalue weighted by Gasteiger charge is -2.10. The minimum Gasteiger partial charge on any atom is -0.387 e. The summed E-state index contributed by atoms with van der Waals surface area (Å²) >= 11 is 0.553.